The first-order valence-electron chi connectivity index (χ1n) is 6.06. The fourth-order valence-corrected chi connectivity index (χ4v) is 1.42. The maximum absolute atomic E-state index is 5.68. The highest BCUT2D eigenvalue weighted by Crippen LogP contribution is 2.17. The Morgan fingerprint density at radius 3 is 2.71 bits per heavy atom. The van der Waals surface area contributed by atoms with Crippen molar-refractivity contribution in [3.63, 3.8) is 0 Å². The molecule has 2 heteroatoms. The van der Waals surface area contributed by atoms with E-state index in [9.17, 15) is 0 Å². The van der Waals surface area contributed by atoms with E-state index < -0.39 is 0 Å². The number of hydrogen-bond donors (Lipinski definition) is 1. The fraction of sp³-hybridized carbons (Fsp3) is 0.467. The summed E-state index contributed by atoms with van der Waals surface area (Å²) in [4.78, 5) is 0. The van der Waals surface area contributed by atoms with Gasteiger partial charge in [-0.05, 0) is 43.0 Å². The molecule has 2 N–H and O–H groups in total. The van der Waals surface area contributed by atoms with Gasteiger partial charge >= 0.3 is 0 Å². The summed E-state index contributed by atoms with van der Waals surface area (Å²) in [6.07, 6.45) is 1.08. The minimum Gasteiger partial charge on any atom is -0.494 e. The van der Waals surface area contributed by atoms with Gasteiger partial charge in [-0.3, -0.25) is 0 Å². The second-order valence-electron chi connectivity index (χ2n) is 4.51. The first kappa shape index (κ1) is 13.6. The van der Waals surface area contributed by atoms with E-state index in [0.717, 1.165) is 29.9 Å². The Kier molecular flexibility index (Phi) is 5.59. The van der Waals surface area contributed by atoms with Crippen LogP contribution in [0.15, 0.2) is 18.2 Å². The average molecular weight is 231 g/mol. The summed E-state index contributed by atoms with van der Waals surface area (Å²) >= 11 is 0. The van der Waals surface area contributed by atoms with Gasteiger partial charge in [0.1, 0.15) is 5.75 Å². The van der Waals surface area contributed by atoms with Crippen LogP contribution in [0, 0.1) is 24.7 Å². The van der Waals surface area contributed by atoms with Crippen molar-refractivity contribution in [2.45, 2.75) is 27.2 Å². The summed E-state index contributed by atoms with van der Waals surface area (Å²) in [6, 6.07) is 5.98. The van der Waals surface area contributed by atoms with Gasteiger partial charge in [-0.1, -0.05) is 25.7 Å². The topological polar surface area (TPSA) is 35.2 Å². The number of aryl methyl sites for hydroxylation is 1. The van der Waals surface area contributed by atoms with E-state index >= 15 is 0 Å². The predicted molar refractivity (Wildman–Crippen MR) is 72.1 cm³/mol. The lowest BCUT2D eigenvalue weighted by Gasteiger charge is -2.09. The average Bonchev–Trinajstić information content (AvgIpc) is 2.27. The van der Waals surface area contributed by atoms with Gasteiger partial charge in [-0.15, -0.1) is 0 Å². The highest BCUT2D eigenvalue weighted by Gasteiger charge is 2.00. The zero-order chi connectivity index (χ0) is 12.7. The van der Waals surface area contributed by atoms with Crippen LogP contribution in [0.4, 0.5) is 0 Å². The van der Waals surface area contributed by atoms with Crippen molar-refractivity contribution in [1.29, 1.82) is 0 Å². The smallest absolute Gasteiger partial charge is 0.119 e. The van der Waals surface area contributed by atoms with Crippen molar-refractivity contribution in [3.05, 3.63) is 29.3 Å². The van der Waals surface area contributed by atoms with Crippen LogP contribution in [-0.4, -0.2) is 13.2 Å². The number of benzene rings is 1. The molecule has 0 heterocycles. The van der Waals surface area contributed by atoms with Gasteiger partial charge < -0.3 is 10.5 Å². The van der Waals surface area contributed by atoms with E-state index in [2.05, 4.69) is 25.7 Å². The van der Waals surface area contributed by atoms with Crippen LogP contribution < -0.4 is 10.5 Å². The molecule has 0 fully saturated rings. The highest BCUT2D eigenvalue weighted by atomic mass is 16.5. The monoisotopic (exact) mass is 231 g/mol. The summed E-state index contributed by atoms with van der Waals surface area (Å²) in [5.74, 6) is 7.49. The molecular weight excluding hydrogens is 210 g/mol. The molecule has 2 nitrogen and oxygen atoms in total. The van der Waals surface area contributed by atoms with E-state index in [1.165, 1.54) is 0 Å². The van der Waals surface area contributed by atoms with Crippen molar-refractivity contribution < 1.29 is 4.74 Å². The summed E-state index contributed by atoms with van der Waals surface area (Å²) in [6.45, 7) is 7.59. The van der Waals surface area contributed by atoms with Crippen molar-refractivity contribution in [1.82, 2.24) is 0 Å². The molecule has 92 valence electrons. The Balaban J connectivity index is 2.62. The maximum Gasteiger partial charge on any atom is 0.119 e. The number of rotatable bonds is 4. The molecule has 1 aromatic rings. The minimum absolute atomic E-state index is 0.395. The fourth-order valence-electron chi connectivity index (χ4n) is 1.42. The van der Waals surface area contributed by atoms with Crippen molar-refractivity contribution >= 4 is 0 Å². The molecule has 0 radical (unpaired) electrons. The number of nitrogens with two attached hydrogens (primary N) is 1. The maximum atomic E-state index is 5.68. The lowest BCUT2D eigenvalue weighted by molar-refractivity contribution is 0.289. The van der Waals surface area contributed by atoms with Gasteiger partial charge in [0.2, 0.25) is 0 Å². The Morgan fingerprint density at radius 1 is 1.35 bits per heavy atom. The van der Waals surface area contributed by atoms with Crippen LogP contribution in [-0.2, 0) is 0 Å². The van der Waals surface area contributed by atoms with Crippen LogP contribution in [0.1, 0.15) is 31.4 Å². The van der Waals surface area contributed by atoms with Gasteiger partial charge in [-0.25, -0.2) is 0 Å². The van der Waals surface area contributed by atoms with Gasteiger partial charge in [0.25, 0.3) is 0 Å². The van der Waals surface area contributed by atoms with Crippen LogP contribution in [0.25, 0.3) is 0 Å². The van der Waals surface area contributed by atoms with E-state index in [4.69, 9.17) is 10.5 Å². The number of hydrogen-bond acceptors (Lipinski definition) is 2. The minimum atomic E-state index is 0.395. The second kappa shape index (κ2) is 6.98. The van der Waals surface area contributed by atoms with Gasteiger partial charge in [-0.2, -0.15) is 0 Å². The van der Waals surface area contributed by atoms with Crippen LogP contribution in [0.2, 0.25) is 0 Å². The molecule has 0 bridgehead atoms. The zero-order valence-corrected chi connectivity index (χ0v) is 10.9. The Labute approximate surface area is 104 Å². The third-order valence-electron chi connectivity index (χ3n) is 2.49. The lowest BCUT2D eigenvalue weighted by atomic mass is 10.1. The zero-order valence-electron chi connectivity index (χ0n) is 10.9. The lowest BCUT2D eigenvalue weighted by Crippen LogP contribution is -2.01. The van der Waals surface area contributed by atoms with E-state index in [1.807, 2.05) is 25.1 Å². The normalized spacial score (nSPS) is 9.94. The Morgan fingerprint density at radius 2 is 2.12 bits per heavy atom. The SMILES string of the molecule is Cc1cc(OCCC(C)C)ccc1C#CCN. The molecule has 0 saturated carbocycles. The molecular formula is C15H21NO. The van der Waals surface area contributed by atoms with Crippen molar-refractivity contribution in [2.75, 3.05) is 13.2 Å². The molecule has 0 spiro atoms. The molecule has 1 aromatic carbocycles. The number of ether oxygens (including phenoxy) is 1. The summed E-state index contributed by atoms with van der Waals surface area (Å²) in [5.41, 5.74) is 7.50. The summed E-state index contributed by atoms with van der Waals surface area (Å²) < 4.78 is 5.68. The molecule has 0 aliphatic heterocycles. The van der Waals surface area contributed by atoms with E-state index in [1.54, 1.807) is 0 Å². The standard InChI is InChI=1S/C15H21NO/c1-12(2)8-10-17-15-7-6-14(5-4-9-16)13(3)11-15/h6-7,11-12H,8-10,16H2,1-3H3. The summed E-state index contributed by atoms with van der Waals surface area (Å²) in [7, 11) is 0. The van der Waals surface area contributed by atoms with Gasteiger partial charge in [0.15, 0.2) is 0 Å². The summed E-state index contributed by atoms with van der Waals surface area (Å²) in [5, 5.41) is 0. The largest absolute Gasteiger partial charge is 0.494 e. The van der Waals surface area contributed by atoms with Crippen LogP contribution in [0.3, 0.4) is 0 Å². The first-order chi connectivity index (χ1) is 8.13. The highest BCUT2D eigenvalue weighted by molar-refractivity contribution is 5.44. The molecule has 0 atom stereocenters. The van der Waals surface area contributed by atoms with Gasteiger partial charge in [0.05, 0.1) is 13.2 Å². The van der Waals surface area contributed by atoms with Crippen LogP contribution in [0.5, 0.6) is 5.75 Å². The third-order valence-corrected chi connectivity index (χ3v) is 2.49. The predicted octanol–water partition coefficient (Wildman–Crippen LogP) is 2.73. The molecule has 0 aliphatic carbocycles. The molecule has 0 saturated heterocycles. The molecule has 1 rings (SSSR count). The third kappa shape index (κ3) is 4.93. The first-order valence-corrected chi connectivity index (χ1v) is 6.06. The molecule has 0 aliphatic rings. The molecule has 0 amide bonds. The quantitative estimate of drug-likeness (QED) is 0.809. The molecule has 0 unspecified atom stereocenters. The van der Waals surface area contributed by atoms with Crippen LogP contribution >= 0.6 is 0 Å². The Bertz CT molecular complexity index is 413. The van der Waals surface area contributed by atoms with E-state index in [-0.39, 0.29) is 0 Å². The Hall–Kier alpha value is -1.46. The van der Waals surface area contributed by atoms with E-state index in [0.29, 0.717) is 12.5 Å². The van der Waals surface area contributed by atoms with Gasteiger partial charge in [0, 0.05) is 5.56 Å². The molecule has 17 heavy (non-hydrogen) atoms. The van der Waals surface area contributed by atoms with Crippen molar-refractivity contribution in [2.24, 2.45) is 11.7 Å². The van der Waals surface area contributed by atoms with Crippen molar-refractivity contribution in [3.8, 4) is 17.6 Å². The molecule has 0 aromatic heterocycles. The second-order valence-corrected chi connectivity index (χ2v) is 4.51.